The van der Waals surface area contributed by atoms with Crippen molar-refractivity contribution in [1.82, 2.24) is 4.72 Å². The minimum Gasteiger partial charge on any atom is -0.490 e. The first-order valence-electron chi connectivity index (χ1n) is 15.1. The first-order chi connectivity index (χ1) is 20.4. The normalized spacial score (nSPS) is 24.3. The van der Waals surface area contributed by atoms with Crippen LogP contribution in [0.3, 0.4) is 0 Å². The highest BCUT2D eigenvalue weighted by Crippen LogP contribution is 2.46. The van der Waals surface area contributed by atoms with E-state index in [-0.39, 0.29) is 46.2 Å². The number of carbonyl (C=O) groups is 2. The summed E-state index contributed by atoms with van der Waals surface area (Å²) in [5.41, 5.74) is 3.11. The Hall–Kier alpha value is -3.10. The molecule has 1 saturated carbocycles. The topological polar surface area (TPSA) is 92.8 Å². The maximum absolute atomic E-state index is 13.3. The fourth-order valence-electron chi connectivity index (χ4n) is 6.82. The van der Waals surface area contributed by atoms with Crippen LogP contribution in [-0.2, 0) is 26.7 Å². The van der Waals surface area contributed by atoms with E-state index in [0.717, 1.165) is 37.8 Å². The van der Waals surface area contributed by atoms with Crippen LogP contribution in [-0.4, -0.2) is 45.6 Å². The van der Waals surface area contributed by atoms with Gasteiger partial charge in [0.25, 0.3) is 5.91 Å². The van der Waals surface area contributed by atoms with Gasteiger partial charge in [-0.1, -0.05) is 44.2 Å². The van der Waals surface area contributed by atoms with E-state index in [1.54, 1.807) is 24.3 Å². The Labute approximate surface area is 260 Å². The first kappa shape index (κ1) is 31.3. The van der Waals surface area contributed by atoms with Gasteiger partial charge in [-0.25, -0.2) is 13.1 Å². The number of ketones is 1. The standard InChI is InChI=1S/C34H41ClN2O5S/c1-5-22(3)23(4)19-43(40,41)36-33(39)25-10-14-32-30(17-25)37(18-26-9-12-28(26)31(38)6-2)20-34(21-42-32)15-7-8-24-16-27(35)11-13-29(24)34/h5-6,10-11,13-14,16-17,22-23,26,28H,1-2,7-9,12,15,18-21H2,3-4H3,(H,36,39)/t22-,23+,26+,28-,34+/m1/s1. The lowest BCUT2D eigenvalue weighted by atomic mass is 9.69. The number of aryl methyl sites for hydroxylation is 1. The van der Waals surface area contributed by atoms with E-state index in [2.05, 4.69) is 28.8 Å². The van der Waals surface area contributed by atoms with Crippen molar-refractivity contribution in [3.63, 3.8) is 0 Å². The molecule has 1 amide bonds. The van der Waals surface area contributed by atoms with E-state index in [1.807, 2.05) is 26.0 Å². The van der Waals surface area contributed by atoms with Gasteiger partial charge in [0.05, 0.1) is 18.0 Å². The van der Waals surface area contributed by atoms with E-state index in [0.29, 0.717) is 30.5 Å². The molecule has 0 unspecified atom stereocenters. The minimum atomic E-state index is -3.87. The van der Waals surface area contributed by atoms with Gasteiger partial charge < -0.3 is 9.64 Å². The molecule has 9 heteroatoms. The van der Waals surface area contributed by atoms with Gasteiger partial charge in [-0.3, -0.25) is 9.59 Å². The predicted octanol–water partition coefficient (Wildman–Crippen LogP) is 6.11. The summed E-state index contributed by atoms with van der Waals surface area (Å²) in [6, 6.07) is 11.2. The fourth-order valence-corrected chi connectivity index (χ4v) is 8.50. The molecule has 5 atom stereocenters. The first-order valence-corrected chi connectivity index (χ1v) is 17.1. The zero-order valence-corrected chi connectivity index (χ0v) is 26.6. The van der Waals surface area contributed by atoms with E-state index in [9.17, 15) is 18.0 Å². The lowest BCUT2D eigenvalue weighted by Crippen LogP contribution is -2.49. The van der Waals surface area contributed by atoms with Crippen LogP contribution >= 0.6 is 11.6 Å². The van der Waals surface area contributed by atoms with Crippen LogP contribution in [0.2, 0.25) is 5.02 Å². The van der Waals surface area contributed by atoms with Gasteiger partial charge in [-0.2, -0.15) is 0 Å². The second-order valence-electron chi connectivity index (χ2n) is 12.6. The summed E-state index contributed by atoms with van der Waals surface area (Å²) in [5.74, 6) is -0.300. The van der Waals surface area contributed by atoms with Crippen molar-refractivity contribution in [1.29, 1.82) is 0 Å². The quantitative estimate of drug-likeness (QED) is 0.253. The Kier molecular flexibility index (Phi) is 9.10. The van der Waals surface area contributed by atoms with Crippen LogP contribution in [0, 0.1) is 23.7 Å². The molecular formula is C34H41ClN2O5S. The summed E-state index contributed by atoms with van der Waals surface area (Å²) >= 11 is 6.37. The molecular weight excluding hydrogens is 584 g/mol. The summed E-state index contributed by atoms with van der Waals surface area (Å²) in [5, 5.41) is 0.713. The molecule has 7 nitrogen and oxygen atoms in total. The highest BCUT2D eigenvalue weighted by Gasteiger charge is 2.44. The predicted molar refractivity (Wildman–Crippen MR) is 171 cm³/mol. The highest BCUT2D eigenvalue weighted by atomic mass is 35.5. The minimum absolute atomic E-state index is 0.0126. The molecule has 2 aromatic rings. The lowest BCUT2D eigenvalue weighted by molar-refractivity contribution is -0.122. The molecule has 0 bridgehead atoms. The Morgan fingerprint density at radius 1 is 1.19 bits per heavy atom. The number of fused-ring (bicyclic) bond motifs is 3. The van der Waals surface area contributed by atoms with Crippen molar-refractivity contribution < 1.29 is 22.7 Å². The molecule has 5 rings (SSSR count). The second kappa shape index (κ2) is 12.5. The smallest absolute Gasteiger partial charge is 0.264 e. The largest absolute Gasteiger partial charge is 0.490 e. The van der Waals surface area contributed by atoms with Crippen molar-refractivity contribution in [3.05, 3.63) is 83.4 Å². The van der Waals surface area contributed by atoms with Gasteiger partial charge in [0.15, 0.2) is 5.78 Å². The number of ether oxygens (including phenoxy) is 1. The van der Waals surface area contributed by atoms with Crippen molar-refractivity contribution in [2.75, 3.05) is 30.3 Å². The van der Waals surface area contributed by atoms with Crippen LogP contribution in [0.15, 0.2) is 61.7 Å². The summed E-state index contributed by atoms with van der Waals surface area (Å²) < 4.78 is 34.5. The van der Waals surface area contributed by atoms with Crippen LogP contribution in [0.1, 0.15) is 61.0 Å². The molecule has 0 aromatic heterocycles. The third-order valence-corrected chi connectivity index (χ3v) is 11.4. The van der Waals surface area contributed by atoms with Crippen molar-refractivity contribution in [3.8, 4) is 5.75 Å². The number of rotatable bonds is 10. The number of hydrogen-bond acceptors (Lipinski definition) is 6. The molecule has 1 N–H and O–H groups in total. The van der Waals surface area contributed by atoms with Crippen LogP contribution in [0.5, 0.6) is 5.75 Å². The number of sulfonamides is 1. The number of benzene rings is 2. The molecule has 3 aliphatic rings. The molecule has 230 valence electrons. The maximum Gasteiger partial charge on any atom is 0.264 e. The highest BCUT2D eigenvalue weighted by molar-refractivity contribution is 7.90. The van der Waals surface area contributed by atoms with Crippen LogP contribution < -0.4 is 14.4 Å². The molecule has 43 heavy (non-hydrogen) atoms. The van der Waals surface area contributed by atoms with Crippen molar-refractivity contribution in [2.24, 2.45) is 23.7 Å². The molecule has 0 saturated heterocycles. The van der Waals surface area contributed by atoms with E-state index < -0.39 is 15.9 Å². The number of amides is 1. The van der Waals surface area contributed by atoms with Gasteiger partial charge >= 0.3 is 0 Å². The number of anilines is 1. The monoisotopic (exact) mass is 624 g/mol. The van der Waals surface area contributed by atoms with Gasteiger partial charge in [-0.15, -0.1) is 6.58 Å². The SMILES string of the molecule is C=CC(=O)[C@@H]1CC[C@H]1CN1C[C@@]2(CCCc3cc(Cl)ccc32)COc2ccc(C(=O)NS(=O)(=O)C[C@H](C)[C@H](C)C=C)cc21. The van der Waals surface area contributed by atoms with Gasteiger partial charge in [0.2, 0.25) is 10.0 Å². The molecule has 2 aliphatic carbocycles. The molecule has 1 aliphatic heterocycles. The molecule has 0 radical (unpaired) electrons. The summed E-state index contributed by atoms with van der Waals surface area (Å²) in [7, 11) is -3.87. The second-order valence-corrected chi connectivity index (χ2v) is 14.8. The average molecular weight is 625 g/mol. The number of hydrogen-bond donors (Lipinski definition) is 1. The van der Waals surface area contributed by atoms with Gasteiger partial charge in [-0.05, 0) is 97.4 Å². The van der Waals surface area contributed by atoms with Gasteiger partial charge in [0.1, 0.15) is 5.75 Å². The average Bonchev–Trinajstić information content (AvgIpc) is 3.11. The zero-order valence-electron chi connectivity index (χ0n) is 25.0. The van der Waals surface area contributed by atoms with E-state index in [1.165, 1.54) is 17.2 Å². The third kappa shape index (κ3) is 6.55. The molecule has 2 aromatic carbocycles. The van der Waals surface area contributed by atoms with Crippen LogP contribution in [0.4, 0.5) is 5.69 Å². The molecule has 1 spiro atoms. The summed E-state index contributed by atoms with van der Waals surface area (Å²) in [6.45, 7) is 12.9. The van der Waals surface area contributed by atoms with Gasteiger partial charge in [0, 0.05) is 35.0 Å². The third-order valence-electron chi connectivity index (χ3n) is 9.74. The number of nitrogens with one attached hydrogen (secondary N) is 1. The zero-order chi connectivity index (χ0) is 30.9. The number of halogens is 1. The van der Waals surface area contributed by atoms with Crippen molar-refractivity contribution >= 4 is 39.0 Å². The van der Waals surface area contributed by atoms with Crippen LogP contribution in [0.25, 0.3) is 0 Å². The Morgan fingerprint density at radius 3 is 2.67 bits per heavy atom. The Balaban J connectivity index is 1.47. The molecule has 1 fully saturated rings. The molecule has 1 heterocycles. The Bertz CT molecular complexity index is 1540. The number of allylic oxidation sites excluding steroid dienone is 2. The maximum atomic E-state index is 13.3. The summed E-state index contributed by atoms with van der Waals surface area (Å²) in [6.07, 6.45) is 7.77. The number of carbonyl (C=O) groups excluding carboxylic acids is 2. The Morgan fingerprint density at radius 2 is 1.98 bits per heavy atom. The summed E-state index contributed by atoms with van der Waals surface area (Å²) in [4.78, 5) is 28.1. The number of nitrogens with zero attached hydrogens (tertiary/aromatic N) is 1. The van der Waals surface area contributed by atoms with Crippen molar-refractivity contribution in [2.45, 2.75) is 51.4 Å². The fraction of sp³-hybridized carbons (Fsp3) is 0.471. The van der Waals surface area contributed by atoms with E-state index >= 15 is 0 Å². The van der Waals surface area contributed by atoms with E-state index in [4.69, 9.17) is 16.3 Å². The lowest BCUT2D eigenvalue weighted by Gasteiger charge is -2.44.